The zero-order valence-corrected chi connectivity index (χ0v) is 14.0. The Bertz CT molecular complexity index is 710. The molecule has 0 saturated heterocycles. The van der Waals surface area contributed by atoms with Gasteiger partial charge in [0.25, 0.3) is 0 Å². The number of ether oxygens (including phenoxy) is 3. The minimum absolute atomic E-state index is 0.311. The van der Waals surface area contributed by atoms with Crippen LogP contribution in [0.3, 0.4) is 0 Å². The van der Waals surface area contributed by atoms with Crippen LogP contribution in [-0.4, -0.2) is 19.0 Å². The molecular weight excluding hydrogens is 308 g/mol. The minimum Gasteiger partial charge on any atom is -0.493 e. The molecule has 126 valence electrons. The highest BCUT2D eigenvalue weighted by Crippen LogP contribution is 2.30. The summed E-state index contributed by atoms with van der Waals surface area (Å²) < 4.78 is 15.3. The number of hydrogen-bond donors (Lipinski definition) is 0. The average molecular weight is 328 g/mol. The molecule has 0 heterocycles. The van der Waals surface area contributed by atoms with Crippen LogP contribution in [0.25, 0.3) is 5.57 Å². The highest BCUT2D eigenvalue weighted by Gasteiger charge is 2.09. The van der Waals surface area contributed by atoms with Crippen LogP contribution in [0.2, 0.25) is 0 Å². The van der Waals surface area contributed by atoms with Crippen molar-refractivity contribution in [2.45, 2.75) is 13.8 Å². The van der Waals surface area contributed by atoms with Crippen molar-refractivity contribution >= 4 is 17.5 Å². The van der Waals surface area contributed by atoms with Gasteiger partial charge in [0.1, 0.15) is 5.76 Å². The molecule has 0 atom stereocenters. The molecule has 0 unspecified atom stereocenters. The van der Waals surface area contributed by atoms with E-state index in [1.807, 2.05) is 6.92 Å². The van der Waals surface area contributed by atoms with Gasteiger partial charge in [-0.15, -0.1) is 0 Å². The number of hydrogen-bond acceptors (Lipinski definition) is 5. The zero-order chi connectivity index (χ0) is 18.1. The topological polar surface area (TPSA) is 61.8 Å². The van der Waals surface area contributed by atoms with Crippen LogP contribution in [0, 0.1) is 0 Å². The van der Waals surface area contributed by atoms with Crippen LogP contribution in [0.5, 0.6) is 11.5 Å². The van der Waals surface area contributed by atoms with E-state index in [9.17, 15) is 9.59 Å². The number of benzene rings is 1. The van der Waals surface area contributed by atoms with Crippen molar-refractivity contribution in [2.75, 3.05) is 7.11 Å². The second-order valence-electron chi connectivity index (χ2n) is 4.74. The molecule has 0 N–H and O–H groups in total. The fraction of sp³-hybridized carbons (Fsp3) is 0.158. The third-order valence-electron chi connectivity index (χ3n) is 2.99. The second kappa shape index (κ2) is 9.15. The minimum atomic E-state index is -0.559. The lowest BCUT2D eigenvalue weighted by atomic mass is 10.1. The number of methoxy groups -OCH3 is 1. The summed E-state index contributed by atoms with van der Waals surface area (Å²) >= 11 is 0. The van der Waals surface area contributed by atoms with Gasteiger partial charge in [0.05, 0.1) is 7.11 Å². The Labute approximate surface area is 141 Å². The fourth-order valence-corrected chi connectivity index (χ4v) is 1.72. The predicted molar refractivity (Wildman–Crippen MR) is 92.5 cm³/mol. The van der Waals surface area contributed by atoms with Crippen molar-refractivity contribution in [3.63, 3.8) is 0 Å². The zero-order valence-electron chi connectivity index (χ0n) is 14.0. The standard InChI is InChI=1S/C19H20O5/c1-6-18(20)23-14(4)9-8-13(3)15-10-11-16(17(12-15)22-5)24-19(21)7-2/h6-12H,1-2H2,3-5H3/b13-8+,14-9+. The molecule has 1 rings (SSSR count). The summed E-state index contributed by atoms with van der Waals surface area (Å²) in [7, 11) is 1.49. The second-order valence-corrected chi connectivity index (χ2v) is 4.74. The van der Waals surface area contributed by atoms with E-state index in [2.05, 4.69) is 13.2 Å². The number of carbonyl (C=O) groups excluding carboxylic acids is 2. The first-order valence-corrected chi connectivity index (χ1v) is 7.13. The van der Waals surface area contributed by atoms with Crippen molar-refractivity contribution in [3.05, 3.63) is 67.0 Å². The van der Waals surface area contributed by atoms with E-state index < -0.39 is 11.9 Å². The first kappa shape index (κ1) is 19.0. The Morgan fingerprint density at radius 3 is 2.25 bits per heavy atom. The van der Waals surface area contributed by atoms with E-state index >= 15 is 0 Å². The Morgan fingerprint density at radius 1 is 1.00 bits per heavy atom. The van der Waals surface area contributed by atoms with Gasteiger partial charge in [0.2, 0.25) is 0 Å². The lowest BCUT2D eigenvalue weighted by molar-refractivity contribution is -0.133. The Kier molecular flexibility index (Phi) is 7.23. The number of carbonyl (C=O) groups is 2. The van der Waals surface area contributed by atoms with E-state index in [-0.39, 0.29) is 0 Å². The van der Waals surface area contributed by atoms with Gasteiger partial charge in [0.15, 0.2) is 11.5 Å². The van der Waals surface area contributed by atoms with Crippen molar-refractivity contribution < 1.29 is 23.8 Å². The molecular formula is C19H20O5. The molecule has 0 aromatic heterocycles. The van der Waals surface area contributed by atoms with Gasteiger partial charge in [-0.1, -0.05) is 25.3 Å². The molecule has 24 heavy (non-hydrogen) atoms. The SMILES string of the molecule is C=CC(=O)O/C(C)=C/C=C(\C)c1ccc(OC(=O)C=C)c(OC)c1. The molecule has 0 radical (unpaired) electrons. The molecule has 1 aromatic carbocycles. The summed E-state index contributed by atoms with van der Waals surface area (Å²) in [4.78, 5) is 22.4. The largest absolute Gasteiger partial charge is 0.493 e. The number of rotatable bonds is 7. The van der Waals surface area contributed by atoms with Crippen molar-refractivity contribution in [1.82, 2.24) is 0 Å². The molecule has 0 aliphatic rings. The molecule has 0 fully saturated rings. The van der Waals surface area contributed by atoms with Gasteiger partial charge in [0, 0.05) is 12.2 Å². The predicted octanol–water partition coefficient (Wildman–Crippen LogP) is 3.82. The van der Waals surface area contributed by atoms with Crippen LogP contribution in [0.4, 0.5) is 0 Å². The van der Waals surface area contributed by atoms with E-state index in [0.717, 1.165) is 23.3 Å². The lowest BCUT2D eigenvalue weighted by Crippen LogP contribution is -2.04. The molecule has 1 aromatic rings. The highest BCUT2D eigenvalue weighted by molar-refractivity contribution is 5.84. The van der Waals surface area contributed by atoms with Gasteiger partial charge in [-0.3, -0.25) is 0 Å². The molecule has 0 bridgehead atoms. The summed E-state index contributed by atoms with van der Waals surface area (Å²) in [6.45, 7) is 10.3. The van der Waals surface area contributed by atoms with Crippen LogP contribution >= 0.6 is 0 Å². The number of esters is 2. The van der Waals surface area contributed by atoms with E-state index in [1.165, 1.54) is 7.11 Å². The lowest BCUT2D eigenvalue weighted by Gasteiger charge is -2.10. The summed E-state index contributed by atoms with van der Waals surface area (Å²) in [6.07, 6.45) is 5.66. The first-order chi connectivity index (χ1) is 11.4. The smallest absolute Gasteiger partial charge is 0.335 e. The maximum Gasteiger partial charge on any atom is 0.335 e. The molecule has 5 nitrogen and oxygen atoms in total. The van der Waals surface area contributed by atoms with Gasteiger partial charge >= 0.3 is 11.9 Å². The highest BCUT2D eigenvalue weighted by atomic mass is 16.6. The Hall–Kier alpha value is -3.08. The summed E-state index contributed by atoms with van der Waals surface area (Å²) in [6, 6.07) is 5.18. The van der Waals surface area contributed by atoms with Gasteiger partial charge in [-0.2, -0.15) is 0 Å². The van der Waals surface area contributed by atoms with E-state index in [0.29, 0.717) is 17.3 Å². The van der Waals surface area contributed by atoms with Gasteiger partial charge in [-0.25, -0.2) is 9.59 Å². The quantitative estimate of drug-likeness (QED) is 0.250. The third kappa shape index (κ3) is 5.61. The van der Waals surface area contributed by atoms with Crippen molar-refractivity contribution in [2.24, 2.45) is 0 Å². The van der Waals surface area contributed by atoms with Crippen LogP contribution in [0.15, 0.2) is 61.4 Å². The van der Waals surface area contributed by atoms with E-state index in [4.69, 9.17) is 14.2 Å². The fourth-order valence-electron chi connectivity index (χ4n) is 1.72. The summed E-state index contributed by atoms with van der Waals surface area (Å²) in [5.41, 5.74) is 1.77. The molecule has 0 aliphatic carbocycles. The summed E-state index contributed by atoms with van der Waals surface area (Å²) in [5.74, 6) is 0.114. The molecule has 0 spiro atoms. The molecule has 0 aliphatic heterocycles. The van der Waals surface area contributed by atoms with Crippen LogP contribution in [-0.2, 0) is 14.3 Å². The van der Waals surface area contributed by atoms with Gasteiger partial charge < -0.3 is 14.2 Å². The maximum absolute atomic E-state index is 11.3. The summed E-state index contributed by atoms with van der Waals surface area (Å²) in [5, 5.41) is 0. The molecule has 5 heteroatoms. The van der Waals surface area contributed by atoms with Crippen molar-refractivity contribution in [1.29, 1.82) is 0 Å². The van der Waals surface area contributed by atoms with Crippen LogP contribution in [0.1, 0.15) is 19.4 Å². The molecule has 0 amide bonds. The first-order valence-electron chi connectivity index (χ1n) is 7.13. The Balaban J connectivity index is 3.00. The monoisotopic (exact) mass is 328 g/mol. The van der Waals surface area contributed by atoms with Crippen LogP contribution < -0.4 is 9.47 Å². The number of allylic oxidation sites excluding steroid dienone is 4. The third-order valence-corrected chi connectivity index (χ3v) is 2.99. The Morgan fingerprint density at radius 2 is 1.67 bits per heavy atom. The maximum atomic E-state index is 11.3. The van der Waals surface area contributed by atoms with E-state index in [1.54, 1.807) is 37.3 Å². The van der Waals surface area contributed by atoms with Gasteiger partial charge in [-0.05, 0) is 43.2 Å². The van der Waals surface area contributed by atoms with Crippen molar-refractivity contribution in [3.8, 4) is 11.5 Å². The normalized spacial score (nSPS) is 11.5. The molecule has 0 saturated carbocycles. The average Bonchev–Trinajstić information content (AvgIpc) is 2.59.